The molecule has 8 heteroatoms. The molecule has 0 radical (unpaired) electrons. The number of fused-ring (bicyclic) bond motifs is 1. The molecule has 2 N–H and O–H groups in total. The molecule has 0 spiro atoms. The zero-order valence-electron chi connectivity index (χ0n) is 11.2. The maximum atomic E-state index is 10.9. The van der Waals surface area contributed by atoms with E-state index in [4.69, 9.17) is 10.3 Å². The molecule has 3 heterocycles. The fraction of sp³-hybridized carbons (Fsp3) is 0.500. The molecule has 0 unspecified atom stereocenters. The summed E-state index contributed by atoms with van der Waals surface area (Å²) in [6.45, 7) is 5.30. The predicted octanol–water partition coefficient (Wildman–Crippen LogP) is -0.466. The average Bonchev–Trinajstić information content (AvgIpc) is 2.81. The quantitative estimate of drug-likeness (QED) is 0.808. The Balaban J connectivity index is 1.80. The highest BCUT2D eigenvalue weighted by Gasteiger charge is 2.22. The number of amides is 1. The number of rotatable bonds is 3. The van der Waals surface area contributed by atoms with Crippen LogP contribution in [0.1, 0.15) is 5.69 Å². The van der Waals surface area contributed by atoms with Gasteiger partial charge < -0.3 is 15.2 Å². The molecule has 1 fully saturated rings. The van der Waals surface area contributed by atoms with Gasteiger partial charge in [0.2, 0.25) is 5.91 Å². The summed E-state index contributed by atoms with van der Waals surface area (Å²) in [5.74, 6) is 0.547. The SMILES string of the molecule is Cc1noc2ncnc(N3CCN(CC(N)=O)CC3)c12. The minimum atomic E-state index is -0.294. The normalized spacial score (nSPS) is 16.8. The van der Waals surface area contributed by atoms with Crippen molar-refractivity contribution in [3.63, 3.8) is 0 Å². The highest BCUT2D eigenvalue weighted by atomic mass is 16.5. The first-order valence-corrected chi connectivity index (χ1v) is 6.48. The Labute approximate surface area is 115 Å². The molecule has 2 aromatic rings. The maximum Gasteiger partial charge on any atom is 0.263 e. The summed E-state index contributed by atoms with van der Waals surface area (Å²) in [7, 11) is 0. The molecule has 1 aliphatic heterocycles. The maximum absolute atomic E-state index is 10.9. The highest BCUT2D eigenvalue weighted by Crippen LogP contribution is 2.26. The number of aryl methyl sites for hydroxylation is 1. The van der Waals surface area contributed by atoms with Crippen LogP contribution in [-0.4, -0.2) is 58.7 Å². The van der Waals surface area contributed by atoms with E-state index < -0.39 is 0 Å². The third kappa shape index (κ3) is 2.29. The topological polar surface area (TPSA) is 101 Å². The predicted molar refractivity (Wildman–Crippen MR) is 72.2 cm³/mol. The molecule has 0 saturated carbocycles. The molecular formula is C12H16N6O2. The summed E-state index contributed by atoms with van der Waals surface area (Å²) in [5, 5.41) is 4.79. The number of hydrogen-bond acceptors (Lipinski definition) is 7. The summed E-state index contributed by atoms with van der Waals surface area (Å²) in [5.41, 5.74) is 6.51. The molecule has 20 heavy (non-hydrogen) atoms. The first-order valence-electron chi connectivity index (χ1n) is 6.48. The Hall–Kier alpha value is -2.22. The van der Waals surface area contributed by atoms with Gasteiger partial charge in [0.05, 0.1) is 12.2 Å². The van der Waals surface area contributed by atoms with E-state index in [0.29, 0.717) is 12.3 Å². The summed E-state index contributed by atoms with van der Waals surface area (Å²) in [4.78, 5) is 23.6. The monoisotopic (exact) mass is 276 g/mol. The number of carbonyl (C=O) groups excluding carboxylic acids is 1. The second-order valence-corrected chi connectivity index (χ2v) is 4.87. The molecule has 0 atom stereocenters. The number of hydrogen-bond donors (Lipinski definition) is 1. The lowest BCUT2D eigenvalue weighted by atomic mass is 10.2. The number of nitrogens with zero attached hydrogens (tertiary/aromatic N) is 5. The van der Waals surface area contributed by atoms with Crippen molar-refractivity contribution in [1.29, 1.82) is 0 Å². The molecule has 106 valence electrons. The highest BCUT2D eigenvalue weighted by molar-refractivity contribution is 5.87. The van der Waals surface area contributed by atoms with E-state index in [1.54, 1.807) is 0 Å². The van der Waals surface area contributed by atoms with Gasteiger partial charge in [0.25, 0.3) is 5.71 Å². The number of primary amides is 1. The van der Waals surface area contributed by atoms with Gasteiger partial charge in [-0.15, -0.1) is 0 Å². The lowest BCUT2D eigenvalue weighted by Crippen LogP contribution is -2.49. The van der Waals surface area contributed by atoms with E-state index in [1.807, 2.05) is 11.8 Å². The molecular weight excluding hydrogens is 260 g/mol. The summed E-state index contributed by atoms with van der Waals surface area (Å²) >= 11 is 0. The van der Waals surface area contributed by atoms with Gasteiger partial charge in [-0.25, -0.2) is 4.98 Å². The molecule has 8 nitrogen and oxygen atoms in total. The van der Waals surface area contributed by atoms with E-state index in [1.165, 1.54) is 6.33 Å². The van der Waals surface area contributed by atoms with Gasteiger partial charge in [-0.1, -0.05) is 5.16 Å². The van der Waals surface area contributed by atoms with Crippen molar-refractivity contribution in [1.82, 2.24) is 20.0 Å². The van der Waals surface area contributed by atoms with Gasteiger partial charge in [-0.3, -0.25) is 9.69 Å². The first-order chi connectivity index (χ1) is 9.65. The standard InChI is InChI=1S/C12H16N6O2/c1-8-10-11(14-7-15-12(10)20-16-8)18-4-2-17(3-5-18)6-9(13)19/h7H,2-6H2,1H3,(H2,13,19). The summed E-state index contributed by atoms with van der Waals surface area (Å²) in [6.07, 6.45) is 1.48. The molecule has 0 aromatic carbocycles. The van der Waals surface area contributed by atoms with E-state index in [-0.39, 0.29) is 5.91 Å². The molecule has 0 bridgehead atoms. The van der Waals surface area contributed by atoms with Gasteiger partial charge in [-0.05, 0) is 6.92 Å². The Morgan fingerprint density at radius 1 is 1.35 bits per heavy atom. The second kappa shape index (κ2) is 5.04. The second-order valence-electron chi connectivity index (χ2n) is 4.87. The number of piperazine rings is 1. The average molecular weight is 276 g/mol. The van der Waals surface area contributed by atoms with Crippen LogP contribution in [0, 0.1) is 6.92 Å². The summed E-state index contributed by atoms with van der Waals surface area (Å²) in [6, 6.07) is 0. The van der Waals surface area contributed by atoms with Crippen molar-refractivity contribution in [3.05, 3.63) is 12.0 Å². The van der Waals surface area contributed by atoms with Crippen LogP contribution in [0.3, 0.4) is 0 Å². The van der Waals surface area contributed by atoms with Crippen molar-refractivity contribution in [2.75, 3.05) is 37.6 Å². The Morgan fingerprint density at radius 2 is 2.10 bits per heavy atom. The fourth-order valence-electron chi connectivity index (χ4n) is 2.48. The van der Waals surface area contributed by atoms with E-state index in [0.717, 1.165) is 43.1 Å². The molecule has 1 aliphatic rings. The summed E-state index contributed by atoms with van der Waals surface area (Å²) < 4.78 is 5.15. The Bertz CT molecular complexity index is 632. The lowest BCUT2D eigenvalue weighted by molar-refractivity contribution is -0.119. The first kappa shape index (κ1) is 12.8. The van der Waals surface area contributed by atoms with Crippen LogP contribution in [0.15, 0.2) is 10.9 Å². The third-order valence-corrected chi connectivity index (χ3v) is 3.47. The van der Waals surface area contributed by atoms with Crippen LogP contribution in [0.5, 0.6) is 0 Å². The minimum absolute atomic E-state index is 0.294. The lowest BCUT2D eigenvalue weighted by Gasteiger charge is -2.34. The third-order valence-electron chi connectivity index (χ3n) is 3.47. The molecule has 1 saturated heterocycles. The van der Waals surface area contributed by atoms with Crippen LogP contribution >= 0.6 is 0 Å². The number of anilines is 1. The largest absolute Gasteiger partial charge is 0.369 e. The van der Waals surface area contributed by atoms with Crippen molar-refractivity contribution in [2.24, 2.45) is 5.73 Å². The minimum Gasteiger partial charge on any atom is -0.369 e. The number of nitrogens with two attached hydrogens (primary N) is 1. The molecule has 2 aromatic heterocycles. The van der Waals surface area contributed by atoms with Gasteiger partial charge in [-0.2, -0.15) is 4.98 Å². The van der Waals surface area contributed by atoms with Crippen LogP contribution < -0.4 is 10.6 Å². The smallest absolute Gasteiger partial charge is 0.263 e. The van der Waals surface area contributed by atoms with Gasteiger partial charge >= 0.3 is 0 Å². The number of aromatic nitrogens is 3. The van der Waals surface area contributed by atoms with Gasteiger partial charge in [0, 0.05) is 26.2 Å². The van der Waals surface area contributed by atoms with E-state index in [9.17, 15) is 4.79 Å². The number of carbonyl (C=O) groups is 1. The van der Waals surface area contributed by atoms with Gasteiger partial charge in [0.15, 0.2) is 0 Å². The Kier molecular flexibility index (Phi) is 3.23. The molecule has 0 aliphatic carbocycles. The van der Waals surface area contributed by atoms with Crippen LogP contribution in [0.4, 0.5) is 5.82 Å². The zero-order valence-corrected chi connectivity index (χ0v) is 11.2. The van der Waals surface area contributed by atoms with E-state index >= 15 is 0 Å². The fourth-order valence-corrected chi connectivity index (χ4v) is 2.48. The molecule has 1 amide bonds. The van der Waals surface area contributed by atoms with Crippen LogP contribution in [0.2, 0.25) is 0 Å². The Morgan fingerprint density at radius 3 is 2.80 bits per heavy atom. The van der Waals surface area contributed by atoms with Gasteiger partial charge in [0.1, 0.15) is 17.5 Å². The van der Waals surface area contributed by atoms with Crippen LogP contribution in [0.25, 0.3) is 11.1 Å². The van der Waals surface area contributed by atoms with Crippen LogP contribution in [-0.2, 0) is 4.79 Å². The van der Waals surface area contributed by atoms with E-state index in [2.05, 4.69) is 20.0 Å². The van der Waals surface area contributed by atoms with Crippen molar-refractivity contribution >= 4 is 22.8 Å². The van der Waals surface area contributed by atoms with Crippen molar-refractivity contribution < 1.29 is 9.32 Å². The van der Waals surface area contributed by atoms with Crippen molar-refractivity contribution in [2.45, 2.75) is 6.92 Å². The van der Waals surface area contributed by atoms with Crippen molar-refractivity contribution in [3.8, 4) is 0 Å². The molecule has 3 rings (SSSR count). The zero-order chi connectivity index (χ0) is 14.1.